The van der Waals surface area contributed by atoms with Crippen molar-refractivity contribution in [3.63, 3.8) is 0 Å². The fourth-order valence-electron chi connectivity index (χ4n) is 2.09. The summed E-state index contributed by atoms with van der Waals surface area (Å²) in [5, 5.41) is 6.81. The number of halogens is 1. The molecule has 1 amide bonds. The van der Waals surface area contributed by atoms with Gasteiger partial charge in [-0.3, -0.25) is 9.89 Å². The quantitative estimate of drug-likeness (QED) is 0.931. The molecule has 1 heterocycles. The molecule has 0 atom stereocenters. The largest absolute Gasteiger partial charge is 0.306 e. The van der Waals surface area contributed by atoms with Crippen molar-refractivity contribution in [3.8, 4) is 0 Å². The first-order chi connectivity index (χ1) is 9.69. The Kier molecular flexibility index (Phi) is 3.22. The van der Waals surface area contributed by atoms with Crippen molar-refractivity contribution in [3.05, 3.63) is 41.7 Å². The van der Waals surface area contributed by atoms with Crippen LogP contribution in [0, 0.1) is 5.82 Å². The third kappa shape index (κ3) is 2.41. The number of nitrogens with zero attached hydrogens (tertiary/aromatic N) is 3. The van der Waals surface area contributed by atoms with E-state index >= 15 is 0 Å². The molecular weight excluding hydrogens is 259 g/mol. The molecule has 1 aromatic carbocycles. The molecule has 1 aromatic heterocycles. The van der Waals surface area contributed by atoms with Crippen molar-refractivity contribution in [1.29, 1.82) is 0 Å². The maximum Gasteiger partial charge on any atom is 0.297 e. The van der Waals surface area contributed by atoms with Crippen LogP contribution in [0.2, 0.25) is 0 Å². The Labute approximate surface area is 115 Å². The fraction of sp³-hybridized carbons (Fsp3) is 0.357. The van der Waals surface area contributed by atoms with Gasteiger partial charge in [-0.15, -0.1) is 5.10 Å². The summed E-state index contributed by atoms with van der Waals surface area (Å²) < 4.78 is 12.9. The van der Waals surface area contributed by atoms with E-state index in [0.29, 0.717) is 18.2 Å². The molecular formula is C14H15FN4O. The van der Waals surface area contributed by atoms with Crippen LogP contribution >= 0.6 is 0 Å². The standard InChI is InChI=1S/C14H15FN4O/c1-2-19(11-7-5-10(15)6-8-11)14(20)13-16-12(17-18-13)9-3-4-9/h5-9H,2-4H2,1H3,(H,16,17,18). The number of amides is 1. The average Bonchev–Trinajstić information content (AvgIpc) is 3.19. The minimum atomic E-state index is -0.328. The van der Waals surface area contributed by atoms with Crippen LogP contribution in [0.1, 0.15) is 42.1 Å². The van der Waals surface area contributed by atoms with Gasteiger partial charge in [-0.25, -0.2) is 9.37 Å². The third-order valence-electron chi connectivity index (χ3n) is 3.36. The predicted octanol–water partition coefficient (Wildman–Crippen LogP) is 2.49. The topological polar surface area (TPSA) is 61.9 Å². The molecule has 0 unspecified atom stereocenters. The van der Waals surface area contributed by atoms with Crippen LogP contribution in [0.25, 0.3) is 0 Å². The smallest absolute Gasteiger partial charge is 0.297 e. The van der Waals surface area contributed by atoms with Crippen LogP contribution in [0.15, 0.2) is 24.3 Å². The Hall–Kier alpha value is -2.24. The predicted molar refractivity (Wildman–Crippen MR) is 72.1 cm³/mol. The highest BCUT2D eigenvalue weighted by Gasteiger charge is 2.29. The van der Waals surface area contributed by atoms with Crippen molar-refractivity contribution in [1.82, 2.24) is 15.2 Å². The van der Waals surface area contributed by atoms with Gasteiger partial charge in [-0.1, -0.05) is 0 Å². The number of nitrogens with one attached hydrogen (secondary N) is 1. The second kappa shape index (κ2) is 5.03. The van der Waals surface area contributed by atoms with E-state index in [-0.39, 0.29) is 17.5 Å². The summed E-state index contributed by atoms with van der Waals surface area (Å²) in [6, 6.07) is 5.81. The lowest BCUT2D eigenvalue weighted by molar-refractivity contribution is 0.0978. The fourth-order valence-corrected chi connectivity index (χ4v) is 2.09. The molecule has 1 aliphatic carbocycles. The Morgan fingerprint density at radius 2 is 2.10 bits per heavy atom. The molecule has 0 saturated heterocycles. The Morgan fingerprint density at radius 3 is 2.70 bits per heavy atom. The first-order valence-electron chi connectivity index (χ1n) is 6.68. The minimum absolute atomic E-state index is 0.165. The van der Waals surface area contributed by atoms with Crippen LogP contribution in [-0.2, 0) is 0 Å². The van der Waals surface area contributed by atoms with Crippen molar-refractivity contribution in [2.45, 2.75) is 25.7 Å². The third-order valence-corrected chi connectivity index (χ3v) is 3.36. The number of carbonyl (C=O) groups is 1. The highest BCUT2D eigenvalue weighted by atomic mass is 19.1. The van der Waals surface area contributed by atoms with E-state index in [0.717, 1.165) is 18.7 Å². The van der Waals surface area contributed by atoms with Gasteiger partial charge in [0.1, 0.15) is 11.6 Å². The summed E-state index contributed by atoms with van der Waals surface area (Å²) in [6.07, 6.45) is 2.19. The second-order valence-electron chi connectivity index (χ2n) is 4.84. The van der Waals surface area contributed by atoms with Crippen LogP contribution in [0.5, 0.6) is 0 Å². The molecule has 3 rings (SSSR count). The number of H-pyrrole nitrogens is 1. The number of hydrogen-bond acceptors (Lipinski definition) is 3. The molecule has 0 bridgehead atoms. The lowest BCUT2D eigenvalue weighted by Crippen LogP contribution is -2.31. The normalized spacial score (nSPS) is 14.3. The molecule has 5 nitrogen and oxygen atoms in total. The lowest BCUT2D eigenvalue weighted by atomic mass is 10.2. The zero-order chi connectivity index (χ0) is 14.1. The second-order valence-corrected chi connectivity index (χ2v) is 4.84. The molecule has 0 radical (unpaired) electrons. The Bertz CT molecular complexity index is 618. The van der Waals surface area contributed by atoms with Crippen LogP contribution in [-0.4, -0.2) is 27.6 Å². The molecule has 1 saturated carbocycles. The van der Waals surface area contributed by atoms with Gasteiger partial charge in [0.25, 0.3) is 5.91 Å². The lowest BCUT2D eigenvalue weighted by Gasteiger charge is -2.19. The zero-order valence-corrected chi connectivity index (χ0v) is 11.1. The number of aromatic nitrogens is 3. The maximum atomic E-state index is 12.9. The van der Waals surface area contributed by atoms with Crippen LogP contribution in [0.4, 0.5) is 10.1 Å². The van der Waals surface area contributed by atoms with Gasteiger partial charge in [0, 0.05) is 18.2 Å². The van der Waals surface area contributed by atoms with Gasteiger partial charge in [0.05, 0.1) is 0 Å². The maximum absolute atomic E-state index is 12.9. The summed E-state index contributed by atoms with van der Waals surface area (Å²) in [6.45, 7) is 2.33. The highest BCUT2D eigenvalue weighted by molar-refractivity contribution is 6.03. The number of carbonyl (C=O) groups excluding carboxylic acids is 1. The van der Waals surface area contributed by atoms with E-state index in [1.54, 1.807) is 12.1 Å². The average molecular weight is 274 g/mol. The molecule has 1 N–H and O–H groups in total. The number of rotatable bonds is 4. The molecule has 0 spiro atoms. The molecule has 6 heteroatoms. The summed E-state index contributed by atoms with van der Waals surface area (Å²) in [5.74, 6) is 0.764. The van der Waals surface area contributed by atoms with Gasteiger partial charge in [0.15, 0.2) is 0 Å². The van der Waals surface area contributed by atoms with Crippen molar-refractivity contribution in [2.24, 2.45) is 0 Å². The molecule has 2 aromatic rings. The Morgan fingerprint density at radius 1 is 1.40 bits per heavy atom. The summed E-state index contributed by atoms with van der Waals surface area (Å²) >= 11 is 0. The van der Waals surface area contributed by atoms with E-state index in [9.17, 15) is 9.18 Å². The molecule has 20 heavy (non-hydrogen) atoms. The number of benzene rings is 1. The van der Waals surface area contributed by atoms with E-state index in [1.807, 2.05) is 6.92 Å². The van der Waals surface area contributed by atoms with Gasteiger partial charge in [-0.05, 0) is 44.0 Å². The van der Waals surface area contributed by atoms with E-state index < -0.39 is 0 Å². The van der Waals surface area contributed by atoms with Crippen LogP contribution in [0.3, 0.4) is 0 Å². The van der Waals surface area contributed by atoms with Gasteiger partial charge in [0.2, 0.25) is 5.82 Å². The van der Waals surface area contributed by atoms with Gasteiger partial charge in [-0.2, -0.15) is 0 Å². The van der Waals surface area contributed by atoms with Gasteiger partial charge < -0.3 is 4.90 Å². The summed E-state index contributed by atoms with van der Waals surface area (Å²) in [7, 11) is 0. The first kappa shape index (κ1) is 12.8. The van der Waals surface area contributed by atoms with E-state index in [4.69, 9.17) is 0 Å². The van der Waals surface area contributed by atoms with Gasteiger partial charge >= 0.3 is 0 Å². The van der Waals surface area contributed by atoms with E-state index in [2.05, 4.69) is 15.2 Å². The summed E-state index contributed by atoms with van der Waals surface area (Å²) in [5.41, 5.74) is 0.636. The minimum Gasteiger partial charge on any atom is -0.306 e. The molecule has 104 valence electrons. The number of anilines is 1. The molecule has 0 aliphatic heterocycles. The first-order valence-corrected chi connectivity index (χ1v) is 6.68. The SMILES string of the molecule is CCN(C(=O)c1n[nH]c(C2CC2)n1)c1ccc(F)cc1. The van der Waals surface area contributed by atoms with Crippen molar-refractivity contribution >= 4 is 11.6 Å². The Balaban J connectivity index is 1.83. The zero-order valence-electron chi connectivity index (χ0n) is 11.1. The summed E-state index contributed by atoms with van der Waals surface area (Å²) in [4.78, 5) is 18.2. The monoisotopic (exact) mass is 274 g/mol. The molecule has 1 aliphatic rings. The molecule has 1 fully saturated rings. The van der Waals surface area contributed by atoms with Crippen molar-refractivity contribution in [2.75, 3.05) is 11.4 Å². The highest BCUT2D eigenvalue weighted by Crippen LogP contribution is 2.37. The number of aromatic amines is 1. The number of hydrogen-bond donors (Lipinski definition) is 1. The van der Waals surface area contributed by atoms with Crippen molar-refractivity contribution < 1.29 is 9.18 Å². The van der Waals surface area contributed by atoms with Crippen LogP contribution < -0.4 is 4.90 Å². The van der Waals surface area contributed by atoms with E-state index in [1.165, 1.54) is 17.0 Å².